The lowest BCUT2D eigenvalue weighted by atomic mass is 10.1. The van der Waals surface area contributed by atoms with E-state index in [0.29, 0.717) is 11.3 Å². The number of rotatable bonds is 2. The van der Waals surface area contributed by atoms with Gasteiger partial charge in [-0.2, -0.15) is 0 Å². The molecule has 0 unspecified atom stereocenters. The Bertz CT molecular complexity index is 810. The van der Waals surface area contributed by atoms with Crippen molar-refractivity contribution in [2.75, 3.05) is 11.1 Å². The van der Waals surface area contributed by atoms with E-state index in [9.17, 15) is 9.18 Å². The van der Waals surface area contributed by atoms with Crippen molar-refractivity contribution >= 4 is 28.1 Å². The van der Waals surface area contributed by atoms with Crippen LogP contribution in [0.1, 0.15) is 10.4 Å². The number of nitrogen functional groups attached to an aromatic ring is 1. The third-order valence-corrected chi connectivity index (χ3v) is 3.19. The molecule has 3 rings (SSSR count). The van der Waals surface area contributed by atoms with Gasteiger partial charge in [0.25, 0.3) is 5.91 Å². The SMILES string of the molecule is Nc1cc(F)cc(NC(=O)c2ccc3ccccc3c2)c1. The maximum absolute atomic E-state index is 13.3. The summed E-state index contributed by atoms with van der Waals surface area (Å²) in [6.45, 7) is 0. The van der Waals surface area contributed by atoms with Crippen molar-refractivity contribution < 1.29 is 9.18 Å². The number of fused-ring (bicyclic) bond motifs is 1. The summed E-state index contributed by atoms with van der Waals surface area (Å²) in [5.41, 5.74) is 6.67. The van der Waals surface area contributed by atoms with Crippen LogP contribution < -0.4 is 11.1 Å². The number of carbonyl (C=O) groups excluding carboxylic acids is 1. The molecule has 0 aromatic heterocycles. The molecule has 3 aromatic carbocycles. The zero-order valence-corrected chi connectivity index (χ0v) is 11.1. The quantitative estimate of drug-likeness (QED) is 0.701. The molecule has 4 heteroatoms. The number of nitrogens with two attached hydrogens (primary N) is 1. The van der Waals surface area contributed by atoms with Crippen LogP contribution in [0.25, 0.3) is 10.8 Å². The molecule has 0 heterocycles. The molecule has 0 radical (unpaired) electrons. The van der Waals surface area contributed by atoms with Crippen LogP contribution >= 0.6 is 0 Å². The van der Waals surface area contributed by atoms with Crippen molar-refractivity contribution in [3.05, 3.63) is 72.0 Å². The Hall–Kier alpha value is -2.88. The predicted octanol–water partition coefficient (Wildman–Crippen LogP) is 3.81. The zero-order chi connectivity index (χ0) is 14.8. The topological polar surface area (TPSA) is 55.1 Å². The van der Waals surface area contributed by atoms with Crippen molar-refractivity contribution in [2.45, 2.75) is 0 Å². The van der Waals surface area contributed by atoms with Crippen molar-refractivity contribution in [1.29, 1.82) is 0 Å². The molecule has 3 aromatic rings. The van der Waals surface area contributed by atoms with Crippen molar-refractivity contribution in [3.63, 3.8) is 0 Å². The van der Waals surface area contributed by atoms with Crippen molar-refractivity contribution in [3.8, 4) is 0 Å². The first-order valence-electron chi connectivity index (χ1n) is 6.48. The van der Waals surface area contributed by atoms with E-state index in [-0.39, 0.29) is 11.6 Å². The average molecular weight is 280 g/mol. The normalized spacial score (nSPS) is 10.5. The third kappa shape index (κ3) is 2.84. The van der Waals surface area contributed by atoms with Gasteiger partial charge in [-0.05, 0) is 41.1 Å². The Morgan fingerprint density at radius 3 is 2.48 bits per heavy atom. The van der Waals surface area contributed by atoms with Gasteiger partial charge in [0.1, 0.15) is 5.82 Å². The molecule has 1 amide bonds. The van der Waals surface area contributed by atoms with Gasteiger partial charge < -0.3 is 11.1 Å². The van der Waals surface area contributed by atoms with E-state index in [0.717, 1.165) is 10.8 Å². The standard InChI is InChI=1S/C17H13FN2O/c18-14-8-15(19)10-16(9-14)20-17(21)13-6-5-11-3-1-2-4-12(11)7-13/h1-10H,19H2,(H,20,21). The van der Waals surface area contributed by atoms with E-state index in [4.69, 9.17) is 5.73 Å². The molecule has 0 saturated carbocycles. The van der Waals surface area contributed by atoms with Crippen LogP contribution in [0.15, 0.2) is 60.7 Å². The lowest BCUT2D eigenvalue weighted by Gasteiger charge is -2.07. The van der Waals surface area contributed by atoms with E-state index < -0.39 is 5.82 Å². The number of carbonyl (C=O) groups is 1. The Balaban J connectivity index is 1.89. The lowest BCUT2D eigenvalue weighted by molar-refractivity contribution is 0.102. The van der Waals surface area contributed by atoms with Crippen LogP contribution in [-0.2, 0) is 0 Å². The Morgan fingerprint density at radius 1 is 0.952 bits per heavy atom. The predicted molar refractivity (Wildman–Crippen MR) is 82.7 cm³/mol. The van der Waals surface area contributed by atoms with Crippen LogP contribution in [0.3, 0.4) is 0 Å². The van der Waals surface area contributed by atoms with Crippen LogP contribution in [0.2, 0.25) is 0 Å². The van der Waals surface area contributed by atoms with E-state index >= 15 is 0 Å². The highest BCUT2D eigenvalue weighted by atomic mass is 19.1. The molecule has 3 nitrogen and oxygen atoms in total. The first-order chi connectivity index (χ1) is 10.1. The molecule has 0 bridgehead atoms. The van der Waals surface area contributed by atoms with E-state index in [1.165, 1.54) is 18.2 Å². The van der Waals surface area contributed by atoms with Crippen LogP contribution in [-0.4, -0.2) is 5.91 Å². The Labute approximate surface area is 121 Å². The minimum atomic E-state index is -0.483. The molecule has 0 aliphatic rings. The fourth-order valence-electron chi connectivity index (χ4n) is 2.22. The summed E-state index contributed by atoms with van der Waals surface area (Å²) >= 11 is 0. The Morgan fingerprint density at radius 2 is 1.71 bits per heavy atom. The van der Waals surface area contributed by atoms with Gasteiger partial charge in [-0.1, -0.05) is 30.3 Å². The minimum absolute atomic E-state index is 0.267. The lowest BCUT2D eigenvalue weighted by Crippen LogP contribution is -2.12. The largest absolute Gasteiger partial charge is 0.399 e. The van der Waals surface area contributed by atoms with Gasteiger partial charge in [-0.25, -0.2) is 4.39 Å². The number of amides is 1. The van der Waals surface area contributed by atoms with Crippen molar-refractivity contribution in [1.82, 2.24) is 0 Å². The molecule has 0 aliphatic heterocycles. The third-order valence-electron chi connectivity index (χ3n) is 3.19. The van der Waals surface area contributed by atoms with Crippen LogP contribution in [0.5, 0.6) is 0 Å². The average Bonchev–Trinajstić information content (AvgIpc) is 2.45. The van der Waals surface area contributed by atoms with Crippen LogP contribution in [0.4, 0.5) is 15.8 Å². The van der Waals surface area contributed by atoms with Crippen LogP contribution in [0, 0.1) is 5.82 Å². The van der Waals surface area contributed by atoms with E-state index in [2.05, 4.69) is 5.32 Å². The Kier molecular flexibility index (Phi) is 3.28. The summed E-state index contributed by atoms with van der Waals surface area (Å²) in [5.74, 6) is -0.783. The molecule has 0 spiro atoms. The second-order valence-corrected chi connectivity index (χ2v) is 4.79. The minimum Gasteiger partial charge on any atom is -0.399 e. The van der Waals surface area contributed by atoms with Gasteiger partial charge in [0.15, 0.2) is 0 Å². The van der Waals surface area contributed by atoms with Gasteiger partial charge in [0, 0.05) is 16.9 Å². The summed E-state index contributed by atoms with van der Waals surface area (Å²) in [6.07, 6.45) is 0. The number of nitrogens with one attached hydrogen (secondary N) is 1. The first-order valence-corrected chi connectivity index (χ1v) is 6.48. The zero-order valence-electron chi connectivity index (χ0n) is 11.1. The molecule has 21 heavy (non-hydrogen) atoms. The second kappa shape index (κ2) is 5.25. The summed E-state index contributed by atoms with van der Waals surface area (Å²) in [5, 5.41) is 4.68. The molecule has 104 valence electrons. The number of halogens is 1. The summed E-state index contributed by atoms with van der Waals surface area (Å²) < 4.78 is 13.3. The summed E-state index contributed by atoms with van der Waals surface area (Å²) in [6, 6.07) is 17.1. The van der Waals surface area contributed by atoms with Gasteiger partial charge in [-0.3, -0.25) is 4.79 Å². The van der Waals surface area contributed by atoms with Gasteiger partial charge in [0.2, 0.25) is 0 Å². The monoisotopic (exact) mass is 280 g/mol. The second-order valence-electron chi connectivity index (χ2n) is 4.79. The molecular formula is C17H13FN2O. The summed E-state index contributed by atoms with van der Waals surface area (Å²) in [7, 11) is 0. The van der Waals surface area contributed by atoms with Gasteiger partial charge >= 0.3 is 0 Å². The number of hydrogen-bond donors (Lipinski definition) is 2. The highest BCUT2D eigenvalue weighted by Crippen LogP contribution is 2.19. The molecule has 3 N–H and O–H groups in total. The molecule has 0 aliphatic carbocycles. The van der Waals surface area contributed by atoms with E-state index in [1.807, 2.05) is 30.3 Å². The fraction of sp³-hybridized carbons (Fsp3) is 0. The van der Waals surface area contributed by atoms with Gasteiger partial charge in [0.05, 0.1) is 0 Å². The maximum atomic E-state index is 13.3. The van der Waals surface area contributed by atoms with E-state index in [1.54, 1.807) is 12.1 Å². The molecule has 0 fully saturated rings. The maximum Gasteiger partial charge on any atom is 0.255 e. The smallest absolute Gasteiger partial charge is 0.255 e. The number of hydrogen-bond acceptors (Lipinski definition) is 2. The molecular weight excluding hydrogens is 267 g/mol. The van der Waals surface area contributed by atoms with Gasteiger partial charge in [-0.15, -0.1) is 0 Å². The molecule has 0 saturated heterocycles. The highest BCUT2D eigenvalue weighted by Gasteiger charge is 2.08. The summed E-state index contributed by atoms with van der Waals surface area (Å²) in [4.78, 5) is 12.2. The fourth-order valence-corrected chi connectivity index (χ4v) is 2.22. The number of benzene rings is 3. The molecule has 0 atom stereocenters. The number of anilines is 2. The highest BCUT2D eigenvalue weighted by molar-refractivity contribution is 6.06. The van der Waals surface area contributed by atoms with Crippen molar-refractivity contribution in [2.24, 2.45) is 0 Å². The first kappa shape index (κ1) is 13.1.